The zero-order valence-electron chi connectivity index (χ0n) is 5.77. The van der Waals surface area contributed by atoms with E-state index in [1.807, 2.05) is 0 Å². The van der Waals surface area contributed by atoms with Gasteiger partial charge in [0.2, 0.25) is 0 Å². The molecule has 0 aromatic rings. The van der Waals surface area contributed by atoms with E-state index in [4.69, 9.17) is 10.00 Å². The molecule has 11 heavy (non-hydrogen) atoms. The number of hydrogen-bond acceptors (Lipinski definition) is 4. The summed E-state index contributed by atoms with van der Waals surface area (Å²) in [5.41, 5.74) is 0. The highest BCUT2D eigenvalue weighted by molar-refractivity contribution is 7.53. The van der Waals surface area contributed by atoms with Gasteiger partial charge in [0.1, 0.15) is 0 Å². The average Bonchev–Trinajstić information content (AvgIpc) is 1.86. The molecule has 0 saturated carbocycles. The quantitative estimate of drug-likeness (QED) is 0.267. The lowest BCUT2D eigenvalue weighted by atomic mass is 10.7. The van der Waals surface area contributed by atoms with Crippen LogP contribution in [0.25, 0.3) is 0 Å². The predicted molar refractivity (Wildman–Crippen MR) is 38.1 cm³/mol. The maximum atomic E-state index is 10.7. The topological polar surface area (TPSA) is 83.8 Å². The smallest absolute Gasteiger partial charge is 0.379 e. The maximum absolute atomic E-state index is 10.7. The molecule has 0 rings (SSSR count). The van der Waals surface area contributed by atoms with Crippen LogP contribution in [0, 0.1) is 0 Å². The van der Waals surface area contributed by atoms with Gasteiger partial charge in [-0.25, -0.2) is 4.57 Å². The summed E-state index contributed by atoms with van der Waals surface area (Å²) in [6.07, 6.45) is -0.180. The molecule has 0 aliphatic rings. The summed E-state index contributed by atoms with van der Waals surface area (Å²) in [6, 6.07) is 0. The van der Waals surface area contributed by atoms with Gasteiger partial charge in [-0.05, 0) is 0 Å². The first-order chi connectivity index (χ1) is 5.02. The van der Waals surface area contributed by atoms with Crippen molar-refractivity contribution in [2.75, 3.05) is 12.8 Å². The number of aldehydes is 1. The number of aliphatic hydroxyl groups is 1. The van der Waals surface area contributed by atoms with Crippen molar-refractivity contribution in [2.45, 2.75) is 0 Å². The van der Waals surface area contributed by atoms with Crippen LogP contribution in [-0.4, -0.2) is 29.1 Å². The summed E-state index contributed by atoms with van der Waals surface area (Å²) in [6.45, 7) is 2.56. The summed E-state index contributed by atoms with van der Waals surface area (Å²) in [5.74, 6) is -0.413. The van der Waals surface area contributed by atoms with E-state index in [9.17, 15) is 9.36 Å². The molecule has 0 bridgehead atoms. The van der Waals surface area contributed by atoms with Crippen molar-refractivity contribution >= 4 is 13.9 Å². The third-order valence-corrected chi connectivity index (χ3v) is 2.06. The molecule has 5 nitrogen and oxygen atoms in total. The molecular formula is C5H9O5P. The molecule has 0 aromatic carbocycles. The highest BCUT2D eigenvalue weighted by Crippen LogP contribution is 2.42. The highest BCUT2D eigenvalue weighted by atomic mass is 31.2. The van der Waals surface area contributed by atoms with Gasteiger partial charge in [-0.3, -0.25) is 4.79 Å². The molecule has 64 valence electrons. The van der Waals surface area contributed by atoms with Gasteiger partial charge in [0.15, 0.2) is 12.0 Å². The number of aliphatic hydroxyl groups excluding tert-OH is 1. The summed E-state index contributed by atoms with van der Waals surface area (Å²) in [4.78, 5) is 18.6. The van der Waals surface area contributed by atoms with Crippen LogP contribution in [0.5, 0.6) is 0 Å². The lowest BCUT2D eigenvalue weighted by molar-refractivity contribution is -0.106. The van der Waals surface area contributed by atoms with Gasteiger partial charge in [0.05, 0.1) is 12.8 Å². The number of rotatable bonds is 5. The lowest BCUT2D eigenvalue weighted by Crippen LogP contribution is -1.98. The van der Waals surface area contributed by atoms with E-state index in [-0.39, 0.29) is 6.29 Å². The van der Waals surface area contributed by atoms with Crippen molar-refractivity contribution in [3.05, 3.63) is 12.3 Å². The van der Waals surface area contributed by atoms with Crippen LogP contribution in [0.1, 0.15) is 0 Å². The van der Waals surface area contributed by atoms with Crippen LogP contribution in [0.15, 0.2) is 12.3 Å². The Morgan fingerprint density at radius 2 is 2.27 bits per heavy atom. The molecular weight excluding hydrogens is 171 g/mol. The van der Waals surface area contributed by atoms with E-state index >= 15 is 0 Å². The molecule has 0 heterocycles. The van der Waals surface area contributed by atoms with Crippen molar-refractivity contribution in [1.29, 1.82) is 0 Å². The summed E-state index contributed by atoms with van der Waals surface area (Å²) in [7, 11) is -3.85. The van der Waals surface area contributed by atoms with Crippen molar-refractivity contribution in [3.63, 3.8) is 0 Å². The Bertz CT molecular complexity index is 199. The molecule has 0 saturated heterocycles. The van der Waals surface area contributed by atoms with E-state index in [0.717, 1.165) is 0 Å². The SMILES string of the molecule is C=C(C=O)OP(=O)(O)CCO. The van der Waals surface area contributed by atoms with Gasteiger partial charge in [-0.15, -0.1) is 0 Å². The van der Waals surface area contributed by atoms with E-state index in [2.05, 4.69) is 11.1 Å². The van der Waals surface area contributed by atoms with E-state index in [1.54, 1.807) is 0 Å². The zero-order chi connectivity index (χ0) is 8.91. The third kappa shape index (κ3) is 4.72. The fourth-order valence-corrected chi connectivity index (χ4v) is 1.13. The molecule has 0 aromatic heterocycles. The first-order valence-electron chi connectivity index (χ1n) is 2.78. The van der Waals surface area contributed by atoms with Crippen molar-refractivity contribution in [3.8, 4) is 0 Å². The monoisotopic (exact) mass is 180 g/mol. The Balaban J connectivity index is 4.01. The van der Waals surface area contributed by atoms with Gasteiger partial charge in [0.25, 0.3) is 0 Å². The molecule has 0 spiro atoms. The first kappa shape index (κ1) is 10.4. The predicted octanol–water partition coefficient (Wildman–Crippen LogP) is -0.107. The Morgan fingerprint density at radius 1 is 1.73 bits per heavy atom. The standard InChI is InChI=1S/C5H9O5P/c1-5(4-7)10-11(8,9)3-2-6/h4,6H,1-3H2,(H,8,9). The number of carbonyl (C=O) groups is 1. The lowest BCUT2D eigenvalue weighted by Gasteiger charge is -2.09. The van der Waals surface area contributed by atoms with E-state index < -0.39 is 26.1 Å². The second-order valence-electron chi connectivity index (χ2n) is 1.76. The second kappa shape index (κ2) is 4.28. The minimum atomic E-state index is -3.85. The maximum Gasteiger partial charge on any atom is 0.379 e. The van der Waals surface area contributed by atoms with Crippen LogP contribution in [-0.2, 0) is 13.9 Å². The Morgan fingerprint density at radius 3 is 2.64 bits per heavy atom. The van der Waals surface area contributed by atoms with Gasteiger partial charge < -0.3 is 14.5 Å². The zero-order valence-corrected chi connectivity index (χ0v) is 6.66. The normalized spacial score (nSPS) is 15.1. The molecule has 1 atom stereocenters. The largest absolute Gasteiger partial charge is 0.422 e. The minimum absolute atomic E-state index is 0.222. The molecule has 0 radical (unpaired) electrons. The molecule has 1 unspecified atom stereocenters. The number of hydrogen-bond donors (Lipinski definition) is 2. The van der Waals surface area contributed by atoms with E-state index in [1.165, 1.54) is 0 Å². The van der Waals surface area contributed by atoms with Crippen LogP contribution in [0.4, 0.5) is 0 Å². The molecule has 6 heteroatoms. The van der Waals surface area contributed by atoms with Crippen molar-refractivity contribution in [1.82, 2.24) is 0 Å². The van der Waals surface area contributed by atoms with Crippen LogP contribution < -0.4 is 0 Å². The summed E-state index contributed by atoms with van der Waals surface area (Å²) >= 11 is 0. The van der Waals surface area contributed by atoms with Gasteiger partial charge in [0, 0.05) is 0 Å². The van der Waals surface area contributed by atoms with Gasteiger partial charge in [-0.2, -0.15) is 0 Å². The molecule has 0 fully saturated rings. The second-order valence-corrected chi connectivity index (χ2v) is 3.66. The highest BCUT2D eigenvalue weighted by Gasteiger charge is 2.19. The van der Waals surface area contributed by atoms with Crippen LogP contribution >= 0.6 is 7.60 Å². The summed E-state index contributed by atoms with van der Waals surface area (Å²) < 4.78 is 15.0. The Labute approximate surface area is 63.8 Å². The van der Waals surface area contributed by atoms with Crippen LogP contribution in [0.2, 0.25) is 0 Å². The van der Waals surface area contributed by atoms with Crippen molar-refractivity contribution < 1.29 is 23.9 Å². The van der Waals surface area contributed by atoms with E-state index in [0.29, 0.717) is 0 Å². The minimum Gasteiger partial charge on any atom is -0.422 e. The van der Waals surface area contributed by atoms with Gasteiger partial charge in [-0.1, -0.05) is 6.58 Å². The first-order valence-corrected chi connectivity index (χ1v) is 4.54. The number of allylic oxidation sites excluding steroid dienone is 1. The molecule has 0 aliphatic carbocycles. The third-order valence-electron chi connectivity index (χ3n) is 0.774. The van der Waals surface area contributed by atoms with Gasteiger partial charge >= 0.3 is 7.60 Å². The van der Waals surface area contributed by atoms with Crippen LogP contribution in [0.3, 0.4) is 0 Å². The Hall–Kier alpha value is -0.640. The summed E-state index contributed by atoms with van der Waals surface area (Å²) in [5, 5.41) is 8.26. The molecule has 0 aliphatic heterocycles. The van der Waals surface area contributed by atoms with Crippen molar-refractivity contribution in [2.24, 2.45) is 0 Å². The fourth-order valence-electron chi connectivity index (χ4n) is 0.377. The number of carbonyl (C=O) groups excluding carboxylic acids is 1. The molecule has 2 N–H and O–H groups in total. The Kier molecular flexibility index (Phi) is 4.03. The fraction of sp³-hybridized carbons (Fsp3) is 0.400. The average molecular weight is 180 g/mol. The molecule has 0 amide bonds.